The van der Waals surface area contributed by atoms with Gasteiger partial charge in [-0.15, -0.1) is 15.3 Å². The number of nitrogens with two attached hydrogens (primary N) is 1. The molecule has 2 amide bonds. The average Bonchev–Trinajstić information content (AvgIpc) is 2.98. The first-order valence-electron chi connectivity index (χ1n) is 6.21. The van der Waals surface area contributed by atoms with Gasteiger partial charge in [0.2, 0.25) is 11.0 Å². The van der Waals surface area contributed by atoms with Crippen molar-refractivity contribution in [2.75, 3.05) is 5.32 Å². The molecule has 10 heteroatoms. The fourth-order valence-corrected chi connectivity index (χ4v) is 2.31. The van der Waals surface area contributed by atoms with Gasteiger partial charge in [-0.25, -0.2) is 4.68 Å². The predicted molar refractivity (Wildman–Crippen MR) is 75.9 cm³/mol. The number of hydrogen-bond acceptors (Lipinski definition) is 7. The number of nitrogens with zero attached hydrogens (tertiary/aromatic N) is 5. The van der Waals surface area contributed by atoms with Gasteiger partial charge in [-0.1, -0.05) is 30.4 Å². The molecule has 2 aromatic heterocycles. The molecule has 0 bridgehead atoms. The fourth-order valence-electron chi connectivity index (χ4n) is 1.55. The molecule has 3 N–H and O–H groups in total. The lowest BCUT2D eigenvalue weighted by molar-refractivity contribution is -0.117. The standard InChI is InChI=1S/C11H15N7O2S/c1-5(2)10-15-16-11(21-10)13-7(19)4-18-6(3)8(9(12)20)14-17-18/h5H,4H2,1-3H3,(H2,12,20)(H,13,16,19). The minimum Gasteiger partial charge on any atom is -0.364 e. The lowest BCUT2D eigenvalue weighted by Gasteiger charge is -2.03. The molecule has 2 heterocycles. The normalized spacial score (nSPS) is 10.9. The van der Waals surface area contributed by atoms with Crippen LogP contribution < -0.4 is 11.1 Å². The number of rotatable bonds is 5. The van der Waals surface area contributed by atoms with Crippen LogP contribution in [0.15, 0.2) is 0 Å². The fraction of sp³-hybridized carbons (Fsp3) is 0.455. The molecule has 21 heavy (non-hydrogen) atoms. The van der Waals surface area contributed by atoms with Crippen molar-refractivity contribution in [2.45, 2.75) is 33.2 Å². The van der Waals surface area contributed by atoms with Crippen LogP contribution >= 0.6 is 11.3 Å². The van der Waals surface area contributed by atoms with Gasteiger partial charge in [0.05, 0.1) is 5.69 Å². The third kappa shape index (κ3) is 3.40. The van der Waals surface area contributed by atoms with Crippen LogP contribution in [0.25, 0.3) is 0 Å². The maximum Gasteiger partial charge on any atom is 0.271 e. The first-order chi connectivity index (χ1) is 9.88. The number of carbonyl (C=O) groups is 2. The zero-order valence-electron chi connectivity index (χ0n) is 11.8. The minimum atomic E-state index is -0.676. The molecule has 0 aliphatic rings. The molecule has 0 atom stereocenters. The molecule has 0 aromatic carbocycles. The lowest BCUT2D eigenvalue weighted by atomic mass is 10.2. The highest BCUT2D eigenvalue weighted by Gasteiger charge is 2.16. The smallest absolute Gasteiger partial charge is 0.271 e. The van der Waals surface area contributed by atoms with Crippen molar-refractivity contribution < 1.29 is 9.59 Å². The Balaban J connectivity index is 2.03. The number of nitrogens with one attached hydrogen (secondary N) is 1. The summed E-state index contributed by atoms with van der Waals surface area (Å²) in [6.07, 6.45) is 0. The van der Waals surface area contributed by atoms with Gasteiger partial charge < -0.3 is 5.73 Å². The minimum absolute atomic E-state index is 0.0563. The van der Waals surface area contributed by atoms with Gasteiger partial charge in [-0.2, -0.15) is 0 Å². The highest BCUT2D eigenvalue weighted by molar-refractivity contribution is 7.15. The zero-order chi connectivity index (χ0) is 15.6. The summed E-state index contributed by atoms with van der Waals surface area (Å²) in [5.41, 5.74) is 5.64. The van der Waals surface area contributed by atoms with Gasteiger partial charge in [0.25, 0.3) is 5.91 Å². The summed E-state index contributed by atoms with van der Waals surface area (Å²) in [4.78, 5) is 23.0. The van der Waals surface area contributed by atoms with Crippen LogP contribution in [-0.2, 0) is 11.3 Å². The SMILES string of the molecule is Cc1c(C(N)=O)nnn1CC(=O)Nc1nnc(C(C)C)s1. The van der Waals surface area contributed by atoms with E-state index in [1.165, 1.54) is 16.0 Å². The van der Waals surface area contributed by atoms with E-state index in [1.54, 1.807) is 6.92 Å². The Kier molecular flexibility index (Phi) is 4.26. The summed E-state index contributed by atoms with van der Waals surface area (Å²) in [6.45, 7) is 5.53. The van der Waals surface area contributed by atoms with E-state index in [0.29, 0.717) is 10.8 Å². The Bertz CT molecular complexity index is 676. The molecule has 0 spiro atoms. The number of anilines is 1. The Morgan fingerprint density at radius 3 is 2.57 bits per heavy atom. The van der Waals surface area contributed by atoms with Gasteiger partial charge >= 0.3 is 0 Å². The van der Waals surface area contributed by atoms with Crippen LogP contribution in [0.1, 0.15) is 41.0 Å². The van der Waals surface area contributed by atoms with E-state index >= 15 is 0 Å². The van der Waals surface area contributed by atoms with Crippen LogP contribution in [0.3, 0.4) is 0 Å². The lowest BCUT2D eigenvalue weighted by Crippen LogP contribution is -2.21. The van der Waals surface area contributed by atoms with E-state index in [9.17, 15) is 9.59 Å². The van der Waals surface area contributed by atoms with Crippen molar-refractivity contribution in [1.82, 2.24) is 25.2 Å². The average molecular weight is 309 g/mol. The second-order valence-electron chi connectivity index (χ2n) is 4.69. The third-order valence-corrected chi connectivity index (χ3v) is 3.83. The van der Waals surface area contributed by atoms with E-state index in [-0.39, 0.29) is 24.1 Å². The summed E-state index contributed by atoms with van der Waals surface area (Å²) in [5.74, 6) is -0.751. The first-order valence-corrected chi connectivity index (χ1v) is 7.03. The third-order valence-electron chi connectivity index (χ3n) is 2.69. The maximum atomic E-state index is 11.9. The Morgan fingerprint density at radius 1 is 1.33 bits per heavy atom. The van der Waals surface area contributed by atoms with Crippen molar-refractivity contribution in [3.8, 4) is 0 Å². The van der Waals surface area contributed by atoms with Crippen molar-refractivity contribution in [1.29, 1.82) is 0 Å². The molecule has 0 aliphatic carbocycles. The van der Waals surface area contributed by atoms with Crippen molar-refractivity contribution in [3.63, 3.8) is 0 Å². The Morgan fingerprint density at radius 2 is 2.05 bits per heavy atom. The second kappa shape index (κ2) is 5.95. The van der Waals surface area contributed by atoms with E-state index in [4.69, 9.17) is 5.73 Å². The largest absolute Gasteiger partial charge is 0.364 e. The molecular weight excluding hydrogens is 294 g/mol. The zero-order valence-corrected chi connectivity index (χ0v) is 12.6. The van der Waals surface area contributed by atoms with E-state index in [0.717, 1.165) is 5.01 Å². The van der Waals surface area contributed by atoms with Gasteiger partial charge in [-0.3, -0.25) is 14.9 Å². The molecule has 0 unspecified atom stereocenters. The maximum absolute atomic E-state index is 11.9. The highest BCUT2D eigenvalue weighted by Crippen LogP contribution is 2.22. The summed E-state index contributed by atoms with van der Waals surface area (Å²) in [6, 6.07) is 0. The topological polar surface area (TPSA) is 129 Å². The molecule has 0 aliphatic heterocycles. The van der Waals surface area contributed by atoms with Crippen LogP contribution in [0.5, 0.6) is 0 Å². The first kappa shape index (κ1) is 15.0. The number of hydrogen-bond donors (Lipinski definition) is 2. The summed E-state index contributed by atoms with van der Waals surface area (Å²) >= 11 is 1.32. The molecular formula is C11H15N7O2S. The monoisotopic (exact) mass is 309 g/mol. The molecule has 9 nitrogen and oxygen atoms in total. The number of amides is 2. The second-order valence-corrected chi connectivity index (χ2v) is 5.70. The Labute approximate surface area is 124 Å². The Hall–Kier alpha value is -2.36. The van der Waals surface area contributed by atoms with Gasteiger partial charge in [0.1, 0.15) is 11.6 Å². The molecule has 2 rings (SSSR count). The summed E-state index contributed by atoms with van der Waals surface area (Å²) in [5, 5.41) is 19.1. The molecule has 2 aromatic rings. The van der Waals surface area contributed by atoms with Crippen LogP contribution in [0.2, 0.25) is 0 Å². The van der Waals surface area contributed by atoms with Crippen LogP contribution in [0, 0.1) is 6.92 Å². The van der Waals surface area contributed by atoms with E-state index in [1.807, 2.05) is 13.8 Å². The number of aromatic nitrogens is 5. The van der Waals surface area contributed by atoms with E-state index in [2.05, 4.69) is 25.8 Å². The van der Waals surface area contributed by atoms with Gasteiger partial charge in [-0.05, 0) is 6.92 Å². The molecule has 0 saturated carbocycles. The molecule has 0 radical (unpaired) electrons. The van der Waals surface area contributed by atoms with Crippen molar-refractivity contribution in [3.05, 3.63) is 16.4 Å². The van der Waals surface area contributed by atoms with Crippen LogP contribution in [0.4, 0.5) is 5.13 Å². The number of carbonyl (C=O) groups excluding carboxylic acids is 2. The number of primary amides is 1. The van der Waals surface area contributed by atoms with Crippen molar-refractivity contribution >= 4 is 28.3 Å². The van der Waals surface area contributed by atoms with Gasteiger partial charge in [0, 0.05) is 5.92 Å². The van der Waals surface area contributed by atoms with Gasteiger partial charge in [0.15, 0.2) is 5.69 Å². The molecule has 0 fully saturated rings. The van der Waals surface area contributed by atoms with E-state index < -0.39 is 5.91 Å². The quantitative estimate of drug-likeness (QED) is 0.817. The molecule has 0 saturated heterocycles. The highest BCUT2D eigenvalue weighted by atomic mass is 32.1. The van der Waals surface area contributed by atoms with Crippen LogP contribution in [-0.4, -0.2) is 37.0 Å². The summed E-state index contributed by atoms with van der Waals surface area (Å²) in [7, 11) is 0. The summed E-state index contributed by atoms with van der Waals surface area (Å²) < 4.78 is 1.31. The predicted octanol–water partition coefficient (Wildman–Crippen LogP) is 0.299. The molecule has 112 valence electrons. The van der Waals surface area contributed by atoms with Crippen molar-refractivity contribution in [2.24, 2.45) is 5.73 Å².